The molecule has 1 saturated heterocycles. The van der Waals surface area contributed by atoms with Gasteiger partial charge in [0.15, 0.2) is 0 Å². The Bertz CT molecular complexity index is 715. The maximum absolute atomic E-state index is 5.95. The van der Waals surface area contributed by atoms with Crippen LogP contribution in [0.1, 0.15) is 23.2 Å². The molecule has 22 heavy (non-hydrogen) atoms. The number of hydrogen-bond donors (Lipinski definition) is 1. The summed E-state index contributed by atoms with van der Waals surface area (Å²) in [4.78, 5) is 11.1. The number of hydrogen-bond acceptors (Lipinski definition) is 4. The summed E-state index contributed by atoms with van der Waals surface area (Å²) >= 11 is 3.37. The van der Waals surface area contributed by atoms with Crippen molar-refractivity contribution < 1.29 is 0 Å². The van der Waals surface area contributed by atoms with Crippen LogP contribution in [0.15, 0.2) is 35.1 Å². The van der Waals surface area contributed by atoms with Crippen LogP contribution in [0.3, 0.4) is 0 Å². The Balaban J connectivity index is 1.51. The van der Waals surface area contributed by atoms with E-state index < -0.39 is 0 Å². The smallest absolute Gasteiger partial charge is 0.146 e. The molecular formula is C17H19BrN4. The van der Waals surface area contributed by atoms with Crippen molar-refractivity contribution in [3.63, 3.8) is 0 Å². The van der Waals surface area contributed by atoms with Gasteiger partial charge in [-0.3, -0.25) is 4.90 Å². The molecule has 1 saturated carbocycles. The molecule has 114 valence electrons. The summed E-state index contributed by atoms with van der Waals surface area (Å²) in [5.41, 5.74) is 9.99. The van der Waals surface area contributed by atoms with E-state index in [4.69, 9.17) is 5.73 Å². The summed E-state index contributed by atoms with van der Waals surface area (Å²) in [6.07, 6.45) is 2.96. The number of aromatic nitrogens is 2. The number of fused-ring (bicyclic) bond motifs is 1. The largest absolute Gasteiger partial charge is 0.382 e. The highest BCUT2D eigenvalue weighted by atomic mass is 79.9. The molecule has 2 fully saturated rings. The van der Waals surface area contributed by atoms with E-state index in [0.29, 0.717) is 11.2 Å². The average Bonchev–Trinajstić information content (AvgIpc) is 3.06. The molecule has 0 amide bonds. The van der Waals surface area contributed by atoms with E-state index in [9.17, 15) is 0 Å². The van der Waals surface area contributed by atoms with Gasteiger partial charge in [-0.15, -0.1) is 0 Å². The molecule has 1 aromatic carbocycles. The number of aryl methyl sites for hydroxylation is 1. The second-order valence-electron chi connectivity index (χ2n) is 6.62. The van der Waals surface area contributed by atoms with Crippen LogP contribution in [0.2, 0.25) is 0 Å². The predicted octanol–water partition coefficient (Wildman–Crippen LogP) is 2.90. The van der Waals surface area contributed by atoms with Gasteiger partial charge in [0.2, 0.25) is 0 Å². The van der Waals surface area contributed by atoms with Crippen LogP contribution in [0.4, 0.5) is 5.82 Å². The monoisotopic (exact) mass is 358 g/mol. The lowest BCUT2D eigenvalue weighted by molar-refractivity contribution is 0.287. The molecule has 0 radical (unpaired) electrons. The Hall–Kier alpha value is -1.46. The van der Waals surface area contributed by atoms with Gasteiger partial charge >= 0.3 is 0 Å². The van der Waals surface area contributed by atoms with Gasteiger partial charge in [-0.2, -0.15) is 0 Å². The van der Waals surface area contributed by atoms with Gasteiger partial charge in [0.25, 0.3) is 0 Å². The van der Waals surface area contributed by atoms with Gasteiger partial charge in [0.1, 0.15) is 10.4 Å². The topological polar surface area (TPSA) is 55.0 Å². The van der Waals surface area contributed by atoms with E-state index in [1.54, 1.807) is 6.20 Å². The van der Waals surface area contributed by atoms with Gasteiger partial charge in [-0.1, -0.05) is 29.8 Å². The molecule has 5 heteroatoms. The molecule has 0 bridgehead atoms. The molecule has 2 aromatic rings. The van der Waals surface area contributed by atoms with Crippen LogP contribution >= 0.6 is 15.9 Å². The normalized spacial score (nSPS) is 26.9. The number of nitrogens with two attached hydrogens (primary N) is 1. The van der Waals surface area contributed by atoms with E-state index in [1.165, 1.54) is 17.5 Å². The van der Waals surface area contributed by atoms with Crippen molar-refractivity contribution in [2.45, 2.75) is 25.3 Å². The third-order valence-electron chi connectivity index (χ3n) is 5.06. The number of nitrogen functional groups attached to an aromatic ring is 1. The van der Waals surface area contributed by atoms with E-state index >= 15 is 0 Å². The second kappa shape index (κ2) is 5.03. The second-order valence-corrected chi connectivity index (χ2v) is 7.43. The summed E-state index contributed by atoms with van der Waals surface area (Å²) in [6.45, 7) is 5.14. The minimum absolute atomic E-state index is 0.363. The first-order chi connectivity index (χ1) is 10.6. The fraction of sp³-hybridized carbons (Fsp3) is 0.412. The molecule has 4 nitrogen and oxygen atoms in total. The summed E-state index contributed by atoms with van der Waals surface area (Å²) in [7, 11) is 0. The molecular weight excluding hydrogens is 340 g/mol. The molecule has 1 aliphatic heterocycles. The molecule has 2 atom stereocenters. The number of benzene rings is 1. The van der Waals surface area contributed by atoms with E-state index in [-0.39, 0.29) is 0 Å². The lowest BCUT2D eigenvalue weighted by Gasteiger charge is -2.21. The van der Waals surface area contributed by atoms with E-state index in [2.05, 4.69) is 62.0 Å². The zero-order valence-electron chi connectivity index (χ0n) is 12.6. The van der Waals surface area contributed by atoms with Crippen LogP contribution in [0, 0.1) is 12.8 Å². The Morgan fingerprint density at radius 1 is 1.36 bits per heavy atom. The summed E-state index contributed by atoms with van der Waals surface area (Å²) in [5, 5.41) is 0. The SMILES string of the molecule is Cc1ccc(C23CC2CN(Cc2nc(Br)cnc2N)C3)cc1. The zero-order valence-corrected chi connectivity index (χ0v) is 14.2. The molecule has 2 aliphatic rings. The fourth-order valence-corrected chi connectivity index (χ4v) is 4.10. The van der Waals surface area contributed by atoms with Crippen molar-refractivity contribution in [2.24, 2.45) is 5.92 Å². The minimum atomic E-state index is 0.363. The third-order valence-corrected chi connectivity index (χ3v) is 5.45. The van der Waals surface area contributed by atoms with Crippen LogP contribution in [-0.2, 0) is 12.0 Å². The lowest BCUT2D eigenvalue weighted by Crippen LogP contribution is -2.27. The Morgan fingerprint density at radius 3 is 2.91 bits per heavy atom. The number of anilines is 1. The predicted molar refractivity (Wildman–Crippen MR) is 90.4 cm³/mol. The molecule has 2 N–H and O–H groups in total. The van der Waals surface area contributed by atoms with Crippen molar-refractivity contribution in [1.29, 1.82) is 0 Å². The standard InChI is InChI=1S/C17H19BrN4/c1-11-2-4-12(5-3-11)17-6-13(17)8-22(10-17)9-14-16(19)20-7-15(18)21-14/h2-5,7,13H,6,8-10H2,1H3,(H2,19,20). The maximum atomic E-state index is 5.95. The van der Waals surface area contributed by atoms with E-state index in [0.717, 1.165) is 35.8 Å². The first-order valence-electron chi connectivity index (χ1n) is 7.63. The van der Waals surface area contributed by atoms with Crippen molar-refractivity contribution in [3.8, 4) is 0 Å². The van der Waals surface area contributed by atoms with Gasteiger partial charge in [0, 0.05) is 25.0 Å². The number of nitrogens with zero attached hydrogens (tertiary/aromatic N) is 3. The first kappa shape index (κ1) is 14.2. The van der Waals surface area contributed by atoms with Crippen molar-refractivity contribution in [1.82, 2.24) is 14.9 Å². The average molecular weight is 359 g/mol. The highest BCUT2D eigenvalue weighted by Gasteiger charge is 2.60. The molecule has 2 heterocycles. The van der Waals surface area contributed by atoms with Crippen molar-refractivity contribution in [2.75, 3.05) is 18.8 Å². The number of rotatable bonds is 3. The lowest BCUT2D eigenvalue weighted by atomic mass is 9.94. The third kappa shape index (κ3) is 2.32. The summed E-state index contributed by atoms with van der Waals surface area (Å²) < 4.78 is 0.745. The first-order valence-corrected chi connectivity index (χ1v) is 8.42. The molecule has 1 aromatic heterocycles. The van der Waals surface area contributed by atoms with Gasteiger partial charge in [-0.25, -0.2) is 9.97 Å². The van der Waals surface area contributed by atoms with Gasteiger partial charge in [0.05, 0.1) is 11.9 Å². The highest BCUT2D eigenvalue weighted by Crippen LogP contribution is 2.59. The zero-order chi connectivity index (χ0) is 15.3. The van der Waals surface area contributed by atoms with Crippen LogP contribution in [0.25, 0.3) is 0 Å². The summed E-state index contributed by atoms with van der Waals surface area (Å²) in [5.74, 6) is 1.31. The van der Waals surface area contributed by atoms with Crippen LogP contribution in [0.5, 0.6) is 0 Å². The van der Waals surface area contributed by atoms with Crippen LogP contribution in [-0.4, -0.2) is 28.0 Å². The summed E-state index contributed by atoms with van der Waals surface area (Å²) in [6, 6.07) is 9.04. The van der Waals surface area contributed by atoms with E-state index in [1.807, 2.05) is 0 Å². The van der Waals surface area contributed by atoms with Crippen LogP contribution < -0.4 is 5.73 Å². The number of piperidine rings is 1. The maximum Gasteiger partial charge on any atom is 0.146 e. The molecule has 1 aliphatic carbocycles. The van der Waals surface area contributed by atoms with Crippen molar-refractivity contribution >= 4 is 21.7 Å². The molecule has 2 unspecified atom stereocenters. The highest BCUT2D eigenvalue weighted by molar-refractivity contribution is 9.10. The van der Waals surface area contributed by atoms with Crippen molar-refractivity contribution in [3.05, 3.63) is 51.9 Å². The number of halogens is 1. The number of likely N-dealkylation sites (tertiary alicyclic amines) is 1. The van der Waals surface area contributed by atoms with Gasteiger partial charge in [-0.05, 0) is 40.8 Å². The Morgan fingerprint density at radius 2 is 2.14 bits per heavy atom. The minimum Gasteiger partial charge on any atom is -0.382 e. The Labute approximate surface area is 138 Å². The molecule has 4 rings (SSSR count). The quantitative estimate of drug-likeness (QED) is 0.916. The Kier molecular flexibility index (Phi) is 3.24. The fourth-order valence-electron chi connectivity index (χ4n) is 3.78. The van der Waals surface area contributed by atoms with Gasteiger partial charge < -0.3 is 5.73 Å². The molecule has 0 spiro atoms.